The SMILES string of the molecule is CCCCCCCCCCCCNC(=S)N(Cc1ccco1)C1CCCC1. The van der Waals surface area contributed by atoms with Crippen LogP contribution in [0.25, 0.3) is 0 Å². The van der Waals surface area contributed by atoms with Gasteiger partial charge in [-0.1, -0.05) is 77.6 Å². The minimum absolute atomic E-state index is 0.572. The highest BCUT2D eigenvalue weighted by Gasteiger charge is 2.25. The van der Waals surface area contributed by atoms with E-state index in [9.17, 15) is 0 Å². The number of thiocarbonyl (C=S) groups is 1. The molecule has 0 aromatic carbocycles. The molecule has 1 fully saturated rings. The summed E-state index contributed by atoms with van der Waals surface area (Å²) in [6, 6.07) is 4.58. The largest absolute Gasteiger partial charge is 0.467 e. The second kappa shape index (κ2) is 14.0. The molecule has 154 valence electrons. The van der Waals surface area contributed by atoms with E-state index in [1.54, 1.807) is 6.26 Å². The Hall–Kier alpha value is -1.03. The number of unbranched alkanes of at least 4 members (excludes halogenated alkanes) is 9. The molecule has 0 spiro atoms. The van der Waals surface area contributed by atoms with E-state index in [-0.39, 0.29) is 0 Å². The van der Waals surface area contributed by atoms with Gasteiger partial charge in [0.2, 0.25) is 0 Å². The van der Waals surface area contributed by atoms with Gasteiger partial charge in [-0.2, -0.15) is 0 Å². The van der Waals surface area contributed by atoms with Crippen LogP contribution in [0.15, 0.2) is 22.8 Å². The van der Waals surface area contributed by atoms with Gasteiger partial charge in [0, 0.05) is 12.6 Å². The van der Waals surface area contributed by atoms with Crippen LogP contribution in [0.5, 0.6) is 0 Å². The Bertz CT molecular complexity index is 483. The lowest BCUT2D eigenvalue weighted by atomic mass is 10.1. The minimum atomic E-state index is 0.572. The lowest BCUT2D eigenvalue weighted by Gasteiger charge is -2.31. The second-order valence-corrected chi connectivity index (χ2v) is 8.45. The van der Waals surface area contributed by atoms with Gasteiger partial charge in [0.1, 0.15) is 5.76 Å². The zero-order valence-corrected chi connectivity index (χ0v) is 18.2. The van der Waals surface area contributed by atoms with Gasteiger partial charge in [-0.3, -0.25) is 0 Å². The first-order chi connectivity index (χ1) is 13.3. The van der Waals surface area contributed by atoms with Crippen molar-refractivity contribution in [2.45, 2.75) is 109 Å². The third-order valence-corrected chi connectivity index (χ3v) is 6.12. The molecule has 4 heteroatoms. The average Bonchev–Trinajstić information content (AvgIpc) is 3.37. The molecule has 27 heavy (non-hydrogen) atoms. The molecule has 1 heterocycles. The van der Waals surface area contributed by atoms with Crippen molar-refractivity contribution in [1.29, 1.82) is 0 Å². The van der Waals surface area contributed by atoms with Crippen LogP contribution in [0, 0.1) is 0 Å². The Kier molecular flexibility index (Phi) is 11.6. The molecule has 0 saturated heterocycles. The average molecular weight is 393 g/mol. The number of nitrogens with zero attached hydrogens (tertiary/aromatic N) is 1. The molecule has 0 unspecified atom stereocenters. The number of hydrogen-bond donors (Lipinski definition) is 1. The van der Waals surface area contributed by atoms with Crippen LogP contribution in [0.2, 0.25) is 0 Å². The molecule has 0 bridgehead atoms. The summed E-state index contributed by atoms with van der Waals surface area (Å²) in [7, 11) is 0. The summed E-state index contributed by atoms with van der Waals surface area (Å²) in [5.41, 5.74) is 0. The minimum Gasteiger partial charge on any atom is -0.467 e. The number of rotatable bonds is 14. The standard InChI is InChI=1S/C23H40N2OS/c1-2-3-4-5-6-7-8-9-10-13-18-24-23(27)25(21-15-11-12-16-21)20-22-17-14-19-26-22/h14,17,19,21H,2-13,15-16,18,20H2,1H3,(H,24,27). The van der Waals surface area contributed by atoms with Crippen LogP contribution in [0.4, 0.5) is 0 Å². The van der Waals surface area contributed by atoms with Crippen molar-refractivity contribution >= 4 is 17.3 Å². The molecule has 3 nitrogen and oxygen atoms in total. The van der Waals surface area contributed by atoms with E-state index in [1.807, 2.05) is 12.1 Å². The zero-order chi connectivity index (χ0) is 19.2. The number of hydrogen-bond acceptors (Lipinski definition) is 2. The normalized spacial score (nSPS) is 14.6. The quantitative estimate of drug-likeness (QED) is 0.278. The van der Waals surface area contributed by atoms with Gasteiger partial charge >= 0.3 is 0 Å². The molecule has 1 saturated carbocycles. The van der Waals surface area contributed by atoms with Crippen molar-refractivity contribution < 1.29 is 4.42 Å². The third kappa shape index (κ3) is 9.14. The zero-order valence-electron chi connectivity index (χ0n) is 17.4. The summed E-state index contributed by atoms with van der Waals surface area (Å²) in [6.07, 6.45) is 20.6. The first-order valence-electron chi connectivity index (χ1n) is 11.4. The molecule has 0 aliphatic heterocycles. The first kappa shape index (κ1) is 22.3. The number of furan rings is 1. The summed E-state index contributed by atoms with van der Waals surface area (Å²) in [4.78, 5) is 2.36. The van der Waals surface area contributed by atoms with Crippen molar-refractivity contribution in [3.63, 3.8) is 0 Å². The topological polar surface area (TPSA) is 28.4 Å². The maximum absolute atomic E-state index is 5.73. The van der Waals surface area contributed by atoms with Crippen molar-refractivity contribution in [3.8, 4) is 0 Å². The molecule has 1 aliphatic carbocycles. The molecular formula is C23H40N2OS. The second-order valence-electron chi connectivity index (χ2n) is 8.06. The van der Waals surface area contributed by atoms with Gasteiger partial charge in [0.15, 0.2) is 5.11 Å². The van der Waals surface area contributed by atoms with E-state index in [2.05, 4.69) is 17.1 Å². The van der Waals surface area contributed by atoms with Gasteiger partial charge in [-0.15, -0.1) is 0 Å². The molecular weight excluding hydrogens is 352 g/mol. The Morgan fingerprint density at radius 1 is 1.04 bits per heavy atom. The van der Waals surface area contributed by atoms with Crippen molar-refractivity contribution in [2.24, 2.45) is 0 Å². The molecule has 0 amide bonds. The van der Waals surface area contributed by atoms with E-state index in [0.717, 1.165) is 24.0 Å². The third-order valence-electron chi connectivity index (χ3n) is 5.74. The Morgan fingerprint density at radius 3 is 2.26 bits per heavy atom. The fraction of sp³-hybridized carbons (Fsp3) is 0.783. The van der Waals surface area contributed by atoms with E-state index in [4.69, 9.17) is 16.6 Å². The molecule has 2 rings (SSSR count). The summed E-state index contributed by atoms with van der Waals surface area (Å²) >= 11 is 5.73. The summed E-state index contributed by atoms with van der Waals surface area (Å²) in [5.74, 6) is 1.00. The maximum atomic E-state index is 5.73. The van der Waals surface area contributed by atoms with E-state index in [0.29, 0.717) is 6.04 Å². The van der Waals surface area contributed by atoms with E-state index < -0.39 is 0 Å². The van der Waals surface area contributed by atoms with Gasteiger partial charge < -0.3 is 14.6 Å². The lowest BCUT2D eigenvalue weighted by Crippen LogP contribution is -2.44. The molecule has 1 aromatic rings. The van der Waals surface area contributed by atoms with Crippen molar-refractivity contribution in [1.82, 2.24) is 10.2 Å². The molecule has 0 atom stereocenters. The lowest BCUT2D eigenvalue weighted by molar-refractivity contribution is 0.279. The monoisotopic (exact) mass is 392 g/mol. The van der Waals surface area contributed by atoms with Gasteiger partial charge in [0.25, 0.3) is 0 Å². The molecule has 0 radical (unpaired) electrons. The van der Waals surface area contributed by atoms with Crippen molar-refractivity contribution in [2.75, 3.05) is 6.54 Å². The van der Waals surface area contributed by atoms with E-state index >= 15 is 0 Å². The predicted octanol–water partition coefficient (Wildman–Crippen LogP) is 6.82. The summed E-state index contributed by atoms with van der Waals surface area (Å²) in [5, 5.41) is 4.42. The fourth-order valence-corrected chi connectivity index (χ4v) is 4.38. The van der Waals surface area contributed by atoms with Gasteiger partial charge in [-0.25, -0.2) is 0 Å². The molecule has 1 aliphatic rings. The predicted molar refractivity (Wildman–Crippen MR) is 119 cm³/mol. The van der Waals surface area contributed by atoms with Crippen LogP contribution in [0.1, 0.15) is 103 Å². The van der Waals surface area contributed by atoms with Gasteiger partial charge in [0.05, 0.1) is 12.8 Å². The van der Waals surface area contributed by atoms with Crippen molar-refractivity contribution in [3.05, 3.63) is 24.2 Å². The highest BCUT2D eigenvalue weighted by molar-refractivity contribution is 7.80. The van der Waals surface area contributed by atoms with Crippen LogP contribution in [-0.2, 0) is 6.54 Å². The van der Waals surface area contributed by atoms with Crippen LogP contribution < -0.4 is 5.32 Å². The van der Waals surface area contributed by atoms with Crippen LogP contribution >= 0.6 is 12.2 Å². The highest BCUT2D eigenvalue weighted by atomic mass is 32.1. The van der Waals surface area contributed by atoms with Crippen LogP contribution in [0.3, 0.4) is 0 Å². The van der Waals surface area contributed by atoms with Gasteiger partial charge in [-0.05, 0) is 43.6 Å². The Morgan fingerprint density at radius 2 is 1.67 bits per heavy atom. The Labute approximate surface area is 172 Å². The molecule has 1 aromatic heterocycles. The smallest absolute Gasteiger partial charge is 0.169 e. The highest BCUT2D eigenvalue weighted by Crippen LogP contribution is 2.25. The molecule has 1 N–H and O–H groups in total. The fourth-order valence-electron chi connectivity index (χ4n) is 4.06. The van der Waals surface area contributed by atoms with E-state index in [1.165, 1.54) is 89.9 Å². The maximum Gasteiger partial charge on any atom is 0.169 e. The summed E-state index contributed by atoms with van der Waals surface area (Å²) < 4.78 is 5.56. The number of nitrogens with one attached hydrogen (secondary N) is 1. The Balaban J connectivity index is 1.56. The van der Waals surface area contributed by atoms with Crippen LogP contribution in [-0.4, -0.2) is 22.6 Å². The first-order valence-corrected chi connectivity index (χ1v) is 11.8. The summed E-state index contributed by atoms with van der Waals surface area (Å²) in [6.45, 7) is 4.07.